The summed E-state index contributed by atoms with van der Waals surface area (Å²) in [6.45, 7) is 35.7. The summed E-state index contributed by atoms with van der Waals surface area (Å²) in [7, 11) is 0. The van der Waals surface area contributed by atoms with E-state index in [4.69, 9.17) is 0 Å². The summed E-state index contributed by atoms with van der Waals surface area (Å²) in [6.07, 6.45) is 3.59. The first-order chi connectivity index (χ1) is 46.2. The molecule has 0 nitrogen and oxygen atoms in total. The lowest BCUT2D eigenvalue weighted by molar-refractivity contribution is 0.645. The molecule has 96 heavy (non-hydrogen) atoms. The second-order valence-corrected chi connectivity index (χ2v) is 27.8. The molecular weight excluding hydrogens is 1150 g/mol. The van der Waals surface area contributed by atoms with Gasteiger partial charge in [-0.1, -0.05) is 359 Å². The Morgan fingerprint density at radius 3 is 0.927 bits per heavy atom. The molecule has 12 aromatic rings. The summed E-state index contributed by atoms with van der Waals surface area (Å²) in [4.78, 5) is 0. The first-order valence-corrected chi connectivity index (χ1v) is 35.1. The van der Waals surface area contributed by atoms with Crippen molar-refractivity contribution in [1.29, 1.82) is 0 Å². The molecule has 0 heterocycles. The molecule has 0 aliphatic carbocycles. The SMILES string of the molecule is Cc1c(-c2ccccc2)cc(-c2ccccc2)cc1-c1ccccc1.Cc1c(C(C)C)cc(-c2ccccc2)cc1C(C)C.Cc1cc(-c2ccccc2)cc(-c2ccccc2)c1.Cc1ccc(CC(C)C)cc1.Cc1cccc(CC(C)C)c1.Cc1ccccc1CC(C)C. The Balaban J connectivity index is 0.000000168. The van der Waals surface area contributed by atoms with Crippen LogP contribution >= 0.6 is 0 Å². The molecule has 0 saturated carbocycles. The standard InChI is InChI=1S/C25H20.C19H16.C19H24.3C11H16/c1-19-24(21-13-7-3-8-14-21)17-23(20-11-5-2-6-12-20)18-25(19)22-15-9-4-10-16-22;1-15-12-18(16-8-4-2-5-9-16)14-19(13-15)17-10-6-3-7-11-17;1-13(2)18-11-17(16-9-7-6-8-10-16)12-19(14(3)4)15(18)5;1-9(2)8-11-6-4-10(3)5-7-11;1-9(2)7-11-6-4-5-10(3)8-11;1-9(2)8-11-7-5-4-6-10(11)3/h2-18H,1H3;2-14H,1H3;6-14H,1-5H3;4-7,9H,8H2,1-3H3;4-6,8-9H,7H2,1-3H3;4-7,9H,8H2,1-3H3. The average molecular weight is 1260 g/mol. The van der Waals surface area contributed by atoms with Crippen LogP contribution in [0.4, 0.5) is 0 Å². The fourth-order valence-corrected chi connectivity index (χ4v) is 12.3. The molecule has 0 aromatic heterocycles. The third-order valence-corrected chi connectivity index (χ3v) is 17.2. The van der Waals surface area contributed by atoms with E-state index < -0.39 is 0 Å². The first kappa shape index (κ1) is 74.0. The molecule has 12 rings (SSSR count). The Labute approximate surface area is 581 Å². The Morgan fingerprint density at radius 2 is 0.562 bits per heavy atom. The Bertz CT molecular complexity index is 4020. The molecule has 0 N–H and O–H groups in total. The van der Waals surface area contributed by atoms with Crippen molar-refractivity contribution in [3.63, 3.8) is 0 Å². The van der Waals surface area contributed by atoms with E-state index in [2.05, 4.69) is 408 Å². The van der Waals surface area contributed by atoms with Crippen molar-refractivity contribution < 1.29 is 0 Å². The van der Waals surface area contributed by atoms with E-state index in [9.17, 15) is 0 Å². The van der Waals surface area contributed by atoms with Crippen LogP contribution in [0.25, 0.3) is 66.8 Å². The van der Waals surface area contributed by atoms with Gasteiger partial charge in [0.15, 0.2) is 0 Å². The second kappa shape index (κ2) is 38.3. The molecule has 0 atom stereocenters. The minimum atomic E-state index is 0.571. The third-order valence-electron chi connectivity index (χ3n) is 17.2. The van der Waals surface area contributed by atoms with Gasteiger partial charge in [-0.3, -0.25) is 0 Å². The number of aryl methyl sites for hydroxylation is 4. The zero-order chi connectivity index (χ0) is 68.9. The maximum atomic E-state index is 2.36. The van der Waals surface area contributed by atoms with Gasteiger partial charge in [0.05, 0.1) is 0 Å². The van der Waals surface area contributed by atoms with E-state index in [1.165, 1.54) is 147 Å². The van der Waals surface area contributed by atoms with Crippen LogP contribution in [0.3, 0.4) is 0 Å². The van der Waals surface area contributed by atoms with Gasteiger partial charge >= 0.3 is 0 Å². The van der Waals surface area contributed by atoms with Crippen molar-refractivity contribution in [2.45, 2.75) is 142 Å². The zero-order valence-corrected chi connectivity index (χ0v) is 60.8. The lowest BCUT2D eigenvalue weighted by Gasteiger charge is -2.19. The number of benzene rings is 12. The highest BCUT2D eigenvalue weighted by Crippen LogP contribution is 2.38. The highest BCUT2D eigenvalue weighted by Gasteiger charge is 2.15. The van der Waals surface area contributed by atoms with Crippen molar-refractivity contribution in [1.82, 2.24) is 0 Å². The van der Waals surface area contributed by atoms with Crippen molar-refractivity contribution in [3.8, 4) is 66.8 Å². The lowest BCUT2D eigenvalue weighted by Crippen LogP contribution is -2.00. The summed E-state index contributed by atoms with van der Waals surface area (Å²) >= 11 is 0. The largest absolute Gasteiger partial charge is 0.0625 e. The van der Waals surface area contributed by atoms with Gasteiger partial charge in [-0.2, -0.15) is 0 Å². The van der Waals surface area contributed by atoms with Crippen molar-refractivity contribution in [2.75, 3.05) is 0 Å². The van der Waals surface area contributed by atoms with Crippen LogP contribution in [0.1, 0.15) is 142 Å². The predicted octanol–water partition coefficient (Wildman–Crippen LogP) is 27.8. The monoisotopic (exact) mass is 1260 g/mol. The second-order valence-electron chi connectivity index (χ2n) is 27.8. The molecule has 0 unspecified atom stereocenters. The highest BCUT2D eigenvalue weighted by molar-refractivity contribution is 5.85. The number of rotatable bonds is 14. The van der Waals surface area contributed by atoms with Crippen molar-refractivity contribution in [2.24, 2.45) is 17.8 Å². The molecule has 0 spiro atoms. The van der Waals surface area contributed by atoms with Crippen LogP contribution in [0, 0.1) is 59.3 Å². The molecule has 0 aliphatic heterocycles. The molecule has 12 aromatic carbocycles. The fraction of sp³-hybridized carbons (Fsp3) is 0.250. The van der Waals surface area contributed by atoms with E-state index >= 15 is 0 Å². The smallest absolute Gasteiger partial charge is 0.0142 e. The molecule has 0 amide bonds. The van der Waals surface area contributed by atoms with Gasteiger partial charge in [0.1, 0.15) is 0 Å². The maximum absolute atomic E-state index is 2.36. The molecule has 0 bridgehead atoms. The molecule has 0 aliphatic rings. The highest BCUT2D eigenvalue weighted by atomic mass is 14.2. The number of hydrogen-bond donors (Lipinski definition) is 0. The summed E-state index contributed by atoms with van der Waals surface area (Å²) in [5.41, 5.74) is 30.9. The Hall–Kier alpha value is -9.36. The lowest BCUT2D eigenvalue weighted by atomic mass is 9.86. The van der Waals surface area contributed by atoms with Gasteiger partial charge in [0.2, 0.25) is 0 Å². The van der Waals surface area contributed by atoms with Gasteiger partial charge in [-0.25, -0.2) is 0 Å². The summed E-state index contributed by atoms with van der Waals surface area (Å²) in [5.74, 6) is 3.42. The Kier molecular flexibility index (Phi) is 29.5. The molecule has 492 valence electrons. The molecule has 0 radical (unpaired) electrons. The van der Waals surface area contributed by atoms with Crippen LogP contribution in [0.15, 0.2) is 297 Å². The van der Waals surface area contributed by atoms with E-state index in [-0.39, 0.29) is 0 Å². The van der Waals surface area contributed by atoms with Crippen LogP contribution < -0.4 is 0 Å². The summed E-state index contributed by atoms with van der Waals surface area (Å²) < 4.78 is 0. The normalized spacial score (nSPS) is 10.7. The minimum absolute atomic E-state index is 0.571. The van der Waals surface area contributed by atoms with Gasteiger partial charge in [-0.15, -0.1) is 0 Å². The molecule has 0 fully saturated rings. The first-order valence-electron chi connectivity index (χ1n) is 35.1. The van der Waals surface area contributed by atoms with Crippen molar-refractivity contribution in [3.05, 3.63) is 358 Å². The molecule has 0 saturated heterocycles. The Morgan fingerprint density at radius 1 is 0.219 bits per heavy atom. The van der Waals surface area contributed by atoms with Crippen LogP contribution in [0.5, 0.6) is 0 Å². The van der Waals surface area contributed by atoms with E-state index in [1.807, 2.05) is 0 Å². The average Bonchev–Trinajstić information content (AvgIpc) is 0.804. The van der Waals surface area contributed by atoms with E-state index in [0.29, 0.717) is 11.8 Å². The number of hydrogen-bond acceptors (Lipinski definition) is 0. The van der Waals surface area contributed by atoms with Crippen LogP contribution in [-0.4, -0.2) is 0 Å². The summed E-state index contributed by atoms with van der Waals surface area (Å²) in [5, 5.41) is 0. The molecule has 0 heteroatoms. The summed E-state index contributed by atoms with van der Waals surface area (Å²) in [6, 6.07) is 106. The van der Waals surface area contributed by atoms with Crippen molar-refractivity contribution >= 4 is 0 Å². The maximum Gasteiger partial charge on any atom is -0.0142 e. The molecular formula is C96H108. The van der Waals surface area contributed by atoms with Gasteiger partial charge < -0.3 is 0 Å². The van der Waals surface area contributed by atoms with E-state index in [0.717, 1.165) is 17.8 Å². The third kappa shape index (κ3) is 23.8. The van der Waals surface area contributed by atoms with Gasteiger partial charge in [-0.05, 0) is 225 Å². The zero-order valence-electron chi connectivity index (χ0n) is 60.8. The van der Waals surface area contributed by atoms with Gasteiger partial charge in [0, 0.05) is 0 Å². The predicted molar refractivity (Wildman–Crippen MR) is 423 cm³/mol. The van der Waals surface area contributed by atoms with Crippen LogP contribution in [-0.2, 0) is 19.3 Å². The quantitative estimate of drug-likeness (QED) is 0.102. The minimum Gasteiger partial charge on any atom is -0.0625 e. The topological polar surface area (TPSA) is 0 Å². The van der Waals surface area contributed by atoms with Gasteiger partial charge in [0.25, 0.3) is 0 Å². The van der Waals surface area contributed by atoms with E-state index in [1.54, 1.807) is 0 Å². The fourth-order valence-electron chi connectivity index (χ4n) is 12.3. The van der Waals surface area contributed by atoms with Crippen LogP contribution in [0.2, 0.25) is 0 Å².